The lowest BCUT2D eigenvalue weighted by Crippen LogP contribution is -2.40. The summed E-state index contributed by atoms with van der Waals surface area (Å²) >= 11 is 1.72. The first-order valence-electron chi connectivity index (χ1n) is 8.15. The molecule has 0 amide bonds. The predicted octanol–water partition coefficient (Wildman–Crippen LogP) is 2.75. The van der Waals surface area contributed by atoms with Crippen LogP contribution in [0.5, 0.6) is 5.75 Å². The second kappa shape index (κ2) is 9.03. The van der Waals surface area contributed by atoms with Crippen LogP contribution in [-0.4, -0.2) is 44.3 Å². The molecule has 4 nitrogen and oxygen atoms in total. The summed E-state index contributed by atoms with van der Waals surface area (Å²) < 4.78 is 11.1. The highest BCUT2D eigenvalue weighted by Crippen LogP contribution is 2.16. The van der Waals surface area contributed by atoms with Crippen LogP contribution < -0.4 is 10.1 Å². The molecule has 124 valence electrons. The number of nitrogens with one attached hydrogen (secondary N) is 1. The van der Waals surface area contributed by atoms with Crippen LogP contribution in [0.4, 0.5) is 0 Å². The van der Waals surface area contributed by atoms with Crippen molar-refractivity contribution in [1.29, 1.82) is 0 Å². The minimum Gasteiger partial charge on any atom is -0.488 e. The first-order valence-corrected chi connectivity index (χ1v) is 9.03. The fourth-order valence-electron chi connectivity index (χ4n) is 2.55. The molecule has 5 heteroatoms. The SMILES string of the molecule is c1csc(COc2ccc(CNCCN3CCOCC3)cc2)c1. The number of nitrogens with zero attached hydrogens (tertiary/aromatic N) is 1. The molecule has 1 aromatic carbocycles. The summed E-state index contributed by atoms with van der Waals surface area (Å²) in [4.78, 5) is 3.69. The Labute approximate surface area is 142 Å². The van der Waals surface area contributed by atoms with E-state index in [1.54, 1.807) is 11.3 Å². The Morgan fingerprint density at radius 1 is 1.13 bits per heavy atom. The number of morpholine rings is 1. The van der Waals surface area contributed by atoms with Gasteiger partial charge in [0.25, 0.3) is 0 Å². The summed E-state index contributed by atoms with van der Waals surface area (Å²) in [5.74, 6) is 0.926. The van der Waals surface area contributed by atoms with E-state index in [0.29, 0.717) is 6.61 Å². The molecule has 1 aliphatic heterocycles. The Morgan fingerprint density at radius 2 is 1.96 bits per heavy atom. The van der Waals surface area contributed by atoms with Crippen molar-refractivity contribution in [2.24, 2.45) is 0 Å². The van der Waals surface area contributed by atoms with Crippen molar-refractivity contribution in [3.63, 3.8) is 0 Å². The normalized spacial score (nSPS) is 15.7. The first-order chi connectivity index (χ1) is 11.4. The second-order valence-corrected chi connectivity index (χ2v) is 6.68. The van der Waals surface area contributed by atoms with Crippen LogP contribution in [0.15, 0.2) is 41.8 Å². The Kier molecular flexibility index (Phi) is 6.46. The monoisotopic (exact) mass is 332 g/mol. The van der Waals surface area contributed by atoms with Gasteiger partial charge in [-0.05, 0) is 29.1 Å². The van der Waals surface area contributed by atoms with E-state index in [1.165, 1.54) is 10.4 Å². The number of ether oxygens (including phenoxy) is 2. The highest BCUT2D eigenvalue weighted by molar-refractivity contribution is 7.09. The Hall–Kier alpha value is -1.40. The number of thiophene rings is 1. The molecule has 1 N–H and O–H groups in total. The van der Waals surface area contributed by atoms with Crippen LogP contribution in [0.2, 0.25) is 0 Å². The topological polar surface area (TPSA) is 33.7 Å². The molecule has 2 aromatic rings. The van der Waals surface area contributed by atoms with E-state index >= 15 is 0 Å². The maximum Gasteiger partial charge on any atom is 0.122 e. The van der Waals surface area contributed by atoms with Gasteiger partial charge in [0.2, 0.25) is 0 Å². The first kappa shape index (κ1) is 16.5. The van der Waals surface area contributed by atoms with Crippen molar-refractivity contribution in [3.8, 4) is 5.75 Å². The number of hydrogen-bond donors (Lipinski definition) is 1. The van der Waals surface area contributed by atoms with Gasteiger partial charge in [-0.15, -0.1) is 11.3 Å². The average molecular weight is 332 g/mol. The van der Waals surface area contributed by atoms with Gasteiger partial charge in [-0.1, -0.05) is 18.2 Å². The third kappa shape index (κ3) is 5.62. The van der Waals surface area contributed by atoms with E-state index in [9.17, 15) is 0 Å². The highest BCUT2D eigenvalue weighted by atomic mass is 32.1. The number of benzene rings is 1. The quantitative estimate of drug-likeness (QED) is 0.754. The Balaban J connectivity index is 1.34. The van der Waals surface area contributed by atoms with E-state index in [-0.39, 0.29) is 0 Å². The van der Waals surface area contributed by atoms with E-state index in [2.05, 4.69) is 39.9 Å². The fraction of sp³-hybridized carbons (Fsp3) is 0.444. The zero-order valence-corrected chi connectivity index (χ0v) is 14.2. The van der Waals surface area contributed by atoms with Crippen LogP contribution in [-0.2, 0) is 17.9 Å². The standard InChI is InChI=1S/C18H24N2O2S/c1-2-18(23-13-1)15-22-17-5-3-16(4-6-17)14-19-7-8-20-9-11-21-12-10-20/h1-6,13,19H,7-12,14-15H2. The van der Waals surface area contributed by atoms with Crippen molar-refractivity contribution in [2.75, 3.05) is 39.4 Å². The lowest BCUT2D eigenvalue weighted by molar-refractivity contribution is 0.0384. The molecule has 1 aliphatic rings. The fourth-order valence-corrected chi connectivity index (χ4v) is 3.16. The third-order valence-corrected chi connectivity index (χ3v) is 4.77. The zero-order valence-electron chi connectivity index (χ0n) is 13.4. The van der Waals surface area contributed by atoms with Crippen molar-refractivity contribution in [1.82, 2.24) is 10.2 Å². The molecule has 0 atom stereocenters. The van der Waals surface area contributed by atoms with Gasteiger partial charge >= 0.3 is 0 Å². The number of rotatable bonds is 8. The summed E-state index contributed by atoms with van der Waals surface area (Å²) in [6.45, 7) is 7.49. The van der Waals surface area contributed by atoms with Gasteiger partial charge in [0.05, 0.1) is 13.2 Å². The van der Waals surface area contributed by atoms with E-state index in [4.69, 9.17) is 9.47 Å². The predicted molar refractivity (Wildman–Crippen MR) is 94.1 cm³/mol. The molecule has 1 aromatic heterocycles. The average Bonchev–Trinajstić information content (AvgIpc) is 3.12. The summed E-state index contributed by atoms with van der Waals surface area (Å²) in [6.07, 6.45) is 0. The van der Waals surface area contributed by atoms with Crippen LogP contribution in [0.1, 0.15) is 10.4 Å². The van der Waals surface area contributed by atoms with Gasteiger partial charge in [0, 0.05) is 37.6 Å². The van der Waals surface area contributed by atoms with Gasteiger partial charge in [-0.25, -0.2) is 0 Å². The molecule has 1 saturated heterocycles. The molecule has 23 heavy (non-hydrogen) atoms. The maximum absolute atomic E-state index is 5.78. The third-order valence-electron chi connectivity index (χ3n) is 3.92. The number of hydrogen-bond acceptors (Lipinski definition) is 5. The van der Waals surface area contributed by atoms with Crippen molar-refractivity contribution in [2.45, 2.75) is 13.2 Å². The van der Waals surface area contributed by atoms with E-state index in [1.807, 2.05) is 12.1 Å². The van der Waals surface area contributed by atoms with Gasteiger partial charge in [-0.2, -0.15) is 0 Å². The smallest absolute Gasteiger partial charge is 0.122 e. The van der Waals surface area contributed by atoms with E-state index < -0.39 is 0 Å². The summed E-state index contributed by atoms with van der Waals surface area (Å²) in [5, 5.41) is 5.57. The molecular weight excluding hydrogens is 308 g/mol. The largest absolute Gasteiger partial charge is 0.488 e. The molecule has 0 saturated carbocycles. The minimum atomic E-state index is 0.648. The Bertz CT molecular complexity index is 551. The molecule has 3 rings (SSSR count). The highest BCUT2D eigenvalue weighted by Gasteiger charge is 2.08. The maximum atomic E-state index is 5.78. The second-order valence-electron chi connectivity index (χ2n) is 5.64. The molecule has 0 spiro atoms. The lowest BCUT2D eigenvalue weighted by atomic mass is 10.2. The lowest BCUT2D eigenvalue weighted by Gasteiger charge is -2.26. The summed E-state index contributed by atoms with van der Waals surface area (Å²) in [6, 6.07) is 12.5. The molecule has 1 fully saturated rings. The van der Waals surface area contributed by atoms with Crippen LogP contribution in [0, 0.1) is 0 Å². The van der Waals surface area contributed by atoms with Crippen molar-refractivity contribution in [3.05, 3.63) is 52.2 Å². The van der Waals surface area contributed by atoms with Crippen LogP contribution in [0.3, 0.4) is 0 Å². The molecule has 0 unspecified atom stereocenters. The summed E-state index contributed by atoms with van der Waals surface area (Å²) in [7, 11) is 0. The van der Waals surface area contributed by atoms with Crippen LogP contribution >= 0.6 is 11.3 Å². The van der Waals surface area contributed by atoms with Gasteiger partial charge in [-0.3, -0.25) is 4.90 Å². The van der Waals surface area contributed by atoms with Crippen molar-refractivity contribution >= 4 is 11.3 Å². The van der Waals surface area contributed by atoms with Gasteiger partial charge in [0.1, 0.15) is 12.4 Å². The molecular formula is C18H24N2O2S. The molecule has 0 radical (unpaired) electrons. The van der Waals surface area contributed by atoms with Gasteiger partial charge in [0.15, 0.2) is 0 Å². The molecule has 0 bridgehead atoms. The van der Waals surface area contributed by atoms with Crippen molar-refractivity contribution < 1.29 is 9.47 Å². The molecule has 0 aliphatic carbocycles. The summed E-state index contributed by atoms with van der Waals surface area (Å²) in [5.41, 5.74) is 1.29. The zero-order chi connectivity index (χ0) is 15.7. The Morgan fingerprint density at radius 3 is 2.70 bits per heavy atom. The van der Waals surface area contributed by atoms with Gasteiger partial charge < -0.3 is 14.8 Å². The van der Waals surface area contributed by atoms with Crippen LogP contribution in [0.25, 0.3) is 0 Å². The minimum absolute atomic E-state index is 0.648. The molecule has 2 heterocycles. The van der Waals surface area contributed by atoms with E-state index in [0.717, 1.165) is 51.7 Å².